The van der Waals surface area contributed by atoms with Crippen molar-refractivity contribution in [2.75, 3.05) is 38.1 Å². The van der Waals surface area contributed by atoms with E-state index in [1.807, 2.05) is 61.5 Å². The molecule has 1 unspecified atom stereocenters. The number of aliphatic hydroxyl groups is 1. The molecule has 188 valence electrons. The second-order valence-corrected chi connectivity index (χ2v) is 8.87. The third-order valence-corrected chi connectivity index (χ3v) is 6.44. The molecule has 0 radical (unpaired) electrons. The van der Waals surface area contributed by atoms with Gasteiger partial charge in [0.25, 0.3) is 5.91 Å². The Hall–Kier alpha value is -4.72. The number of fused-ring (bicyclic) bond motifs is 1. The van der Waals surface area contributed by atoms with E-state index in [4.69, 9.17) is 13.9 Å². The topological polar surface area (TPSA) is 92.4 Å². The van der Waals surface area contributed by atoms with Crippen LogP contribution in [0.25, 0.3) is 11.0 Å². The zero-order chi connectivity index (χ0) is 26.3. The van der Waals surface area contributed by atoms with Crippen LogP contribution < -0.4 is 19.3 Å². The summed E-state index contributed by atoms with van der Waals surface area (Å²) in [6.45, 7) is 0. The monoisotopic (exact) mass is 498 g/mol. The number of ether oxygens (including phenoxy) is 2. The van der Waals surface area contributed by atoms with E-state index in [-0.39, 0.29) is 11.3 Å². The molecule has 37 heavy (non-hydrogen) atoms. The Morgan fingerprint density at radius 3 is 2.19 bits per heavy atom. The van der Waals surface area contributed by atoms with Gasteiger partial charge in [0, 0.05) is 43.4 Å². The number of carbonyl (C=O) groups excluding carboxylic acids is 2. The van der Waals surface area contributed by atoms with Gasteiger partial charge in [-0.1, -0.05) is 30.3 Å². The van der Waals surface area contributed by atoms with Crippen molar-refractivity contribution in [3.63, 3.8) is 0 Å². The maximum absolute atomic E-state index is 13.8. The molecule has 0 bridgehead atoms. The molecule has 5 rings (SSSR count). The van der Waals surface area contributed by atoms with Crippen molar-refractivity contribution in [2.45, 2.75) is 6.04 Å². The molecule has 0 saturated carbocycles. The van der Waals surface area contributed by atoms with Gasteiger partial charge in [0.1, 0.15) is 17.1 Å². The Morgan fingerprint density at radius 1 is 0.946 bits per heavy atom. The number of rotatable bonds is 7. The molecule has 1 aliphatic rings. The number of hydrogen-bond donors (Lipinski definition) is 1. The van der Waals surface area contributed by atoms with Gasteiger partial charge in [-0.2, -0.15) is 0 Å². The minimum absolute atomic E-state index is 0.0375. The summed E-state index contributed by atoms with van der Waals surface area (Å²) < 4.78 is 16.6. The maximum atomic E-state index is 13.8. The van der Waals surface area contributed by atoms with Crippen molar-refractivity contribution in [3.8, 4) is 11.5 Å². The molecule has 1 amide bonds. The zero-order valence-electron chi connectivity index (χ0n) is 20.9. The Balaban J connectivity index is 1.67. The number of benzene rings is 3. The fourth-order valence-corrected chi connectivity index (χ4v) is 4.53. The lowest BCUT2D eigenvalue weighted by Crippen LogP contribution is -2.31. The zero-order valence-corrected chi connectivity index (χ0v) is 20.9. The number of para-hydroxylation sites is 1. The number of anilines is 2. The third kappa shape index (κ3) is 4.16. The van der Waals surface area contributed by atoms with E-state index in [1.165, 1.54) is 19.1 Å². The van der Waals surface area contributed by atoms with E-state index in [2.05, 4.69) is 0 Å². The summed E-state index contributed by atoms with van der Waals surface area (Å²) in [5.74, 6) is -0.956. The first-order valence-electron chi connectivity index (χ1n) is 11.6. The molecule has 1 aromatic heterocycles. The van der Waals surface area contributed by atoms with Crippen LogP contribution in [0.5, 0.6) is 11.5 Å². The van der Waals surface area contributed by atoms with Crippen LogP contribution in [0.3, 0.4) is 0 Å². The lowest BCUT2D eigenvalue weighted by Gasteiger charge is -2.28. The summed E-state index contributed by atoms with van der Waals surface area (Å²) in [5.41, 5.74) is 2.46. The van der Waals surface area contributed by atoms with Gasteiger partial charge in [0.15, 0.2) is 11.5 Å². The number of nitrogens with zero attached hydrogens (tertiary/aromatic N) is 2. The van der Waals surface area contributed by atoms with Crippen molar-refractivity contribution >= 4 is 34.0 Å². The van der Waals surface area contributed by atoms with Crippen LogP contribution in [0.2, 0.25) is 0 Å². The standard InChI is InChI=1S/C29H26N2O6/c1-30(2)19-11-9-17(10-12-19)26-25(27(32)24-13-18-7-5-6-8-23(18)37-24)28(33)29(34)31(26)20-14-21(35-3)16-22(15-20)36-4/h5-16,26,33H,1-4H3. The van der Waals surface area contributed by atoms with E-state index in [9.17, 15) is 14.7 Å². The SMILES string of the molecule is COc1cc(OC)cc(N2C(=O)C(O)=C(C(=O)c3cc4ccccc4o3)C2c2ccc(N(C)C)cc2)c1. The van der Waals surface area contributed by atoms with E-state index < -0.39 is 23.5 Å². The van der Waals surface area contributed by atoms with Gasteiger partial charge in [0.2, 0.25) is 5.78 Å². The van der Waals surface area contributed by atoms with Crippen LogP contribution in [0, 0.1) is 0 Å². The van der Waals surface area contributed by atoms with Gasteiger partial charge in [-0.15, -0.1) is 0 Å². The van der Waals surface area contributed by atoms with Gasteiger partial charge >= 0.3 is 0 Å². The van der Waals surface area contributed by atoms with Crippen LogP contribution in [0.1, 0.15) is 22.2 Å². The van der Waals surface area contributed by atoms with Crippen molar-refractivity contribution in [2.24, 2.45) is 0 Å². The highest BCUT2D eigenvalue weighted by molar-refractivity contribution is 6.20. The van der Waals surface area contributed by atoms with E-state index in [0.29, 0.717) is 28.3 Å². The summed E-state index contributed by atoms with van der Waals surface area (Å²) in [5, 5.41) is 11.8. The lowest BCUT2D eigenvalue weighted by atomic mass is 9.94. The van der Waals surface area contributed by atoms with Crippen molar-refractivity contribution in [3.05, 3.63) is 95.5 Å². The second kappa shape index (κ2) is 9.39. The Morgan fingerprint density at radius 2 is 1.59 bits per heavy atom. The molecule has 0 spiro atoms. The summed E-state index contributed by atoms with van der Waals surface area (Å²) in [4.78, 5) is 30.7. The predicted molar refractivity (Wildman–Crippen MR) is 141 cm³/mol. The van der Waals surface area contributed by atoms with E-state index >= 15 is 0 Å². The number of Topliss-reactive ketones (excluding diaryl/α,β-unsaturated/α-hetero) is 1. The Labute approximate surface area is 213 Å². The molecule has 2 heterocycles. The normalized spacial score (nSPS) is 15.4. The first-order chi connectivity index (χ1) is 17.8. The summed E-state index contributed by atoms with van der Waals surface area (Å²) in [6.07, 6.45) is 0. The summed E-state index contributed by atoms with van der Waals surface area (Å²) in [7, 11) is 6.86. The maximum Gasteiger partial charge on any atom is 0.294 e. The number of hydrogen-bond acceptors (Lipinski definition) is 7. The van der Waals surface area contributed by atoms with Gasteiger partial charge in [-0.25, -0.2) is 0 Å². The average molecular weight is 499 g/mol. The van der Waals surface area contributed by atoms with Crippen LogP contribution in [0.4, 0.5) is 11.4 Å². The number of aliphatic hydroxyl groups excluding tert-OH is 1. The molecular formula is C29H26N2O6. The fourth-order valence-electron chi connectivity index (χ4n) is 4.53. The largest absolute Gasteiger partial charge is 0.503 e. The average Bonchev–Trinajstić information content (AvgIpc) is 3.47. The molecule has 3 aromatic carbocycles. The van der Waals surface area contributed by atoms with Crippen molar-refractivity contribution < 1.29 is 28.6 Å². The van der Waals surface area contributed by atoms with Crippen molar-refractivity contribution in [1.82, 2.24) is 0 Å². The highest BCUT2D eigenvalue weighted by atomic mass is 16.5. The van der Waals surface area contributed by atoms with Crippen molar-refractivity contribution in [1.29, 1.82) is 0 Å². The van der Waals surface area contributed by atoms with E-state index in [1.54, 1.807) is 30.3 Å². The Bertz CT molecular complexity index is 1480. The van der Waals surface area contributed by atoms with Gasteiger partial charge in [-0.05, 0) is 29.8 Å². The van der Waals surface area contributed by atoms with Gasteiger partial charge < -0.3 is 23.9 Å². The number of methoxy groups -OCH3 is 2. The molecule has 4 aromatic rings. The summed E-state index contributed by atoms with van der Waals surface area (Å²) >= 11 is 0. The smallest absolute Gasteiger partial charge is 0.294 e. The first kappa shape index (κ1) is 24.0. The number of carbonyl (C=O) groups is 2. The lowest BCUT2D eigenvalue weighted by molar-refractivity contribution is -0.117. The molecule has 8 heteroatoms. The highest BCUT2D eigenvalue weighted by Gasteiger charge is 2.45. The van der Waals surface area contributed by atoms with Crippen LogP contribution >= 0.6 is 0 Å². The second-order valence-electron chi connectivity index (χ2n) is 8.87. The molecule has 0 saturated heterocycles. The molecule has 1 aliphatic heterocycles. The highest BCUT2D eigenvalue weighted by Crippen LogP contribution is 2.44. The van der Waals surface area contributed by atoms with Gasteiger partial charge in [-0.3, -0.25) is 14.5 Å². The Kier molecular flexibility index (Phi) is 6.09. The predicted octanol–water partition coefficient (Wildman–Crippen LogP) is 5.30. The number of furan rings is 1. The molecular weight excluding hydrogens is 472 g/mol. The molecule has 1 N–H and O–H groups in total. The molecule has 8 nitrogen and oxygen atoms in total. The van der Waals surface area contributed by atoms with Crippen LogP contribution in [-0.4, -0.2) is 45.1 Å². The quantitative estimate of drug-likeness (QED) is 0.346. The van der Waals surface area contributed by atoms with Crippen LogP contribution in [-0.2, 0) is 4.79 Å². The molecule has 0 aliphatic carbocycles. The fraction of sp³-hybridized carbons (Fsp3) is 0.172. The minimum Gasteiger partial charge on any atom is -0.503 e. The van der Waals surface area contributed by atoms with E-state index in [0.717, 1.165) is 11.1 Å². The molecule has 1 atom stereocenters. The minimum atomic E-state index is -0.916. The number of amides is 1. The summed E-state index contributed by atoms with van der Waals surface area (Å²) in [6, 6.07) is 20.4. The number of ketones is 1. The first-order valence-corrected chi connectivity index (χ1v) is 11.6. The van der Waals surface area contributed by atoms with Crippen LogP contribution in [0.15, 0.2) is 88.5 Å². The van der Waals surface area contributed by atoms with Gasteiger partial charge in [0.05, 0.1) is 31.5 Å². The third-order valence-electron chi connectivity index (χ3n) is 6.44. The molecule has 0 fully saturated rings.